The molecule has 0 spiro atoms. The molecule has 0 saturated carbocycles. The van der Waals surface area contributed by atoms with Gasteiger partial charge in [0.15, 0.2) is 17.9 Å². The first kappa shape index (κ1) is 40.9. The van der Waals surface area contributed by atoms with E-state index in [-0.39, 0.29) is 39.5 Å². The Balaban J connectivity index is 1.20. The maximum atomic E-state index is 13.9. The molecular weight excluding hydrogens is 724 g/mol. The van der Waals surface area contributed by atoms with Crippen LogP contribution in [0.5, 0.6) is 0 Å². The number of esters is 1. The van der Waals surface area contributed by atoms with Crippen LogP contribution in [0.4, 0.5) is 0 Å². The van der Waals surface area contributed by atoms with Gasteiger partial charge < -0.3 is 56.8 Å². The minimum Gasteiger partial charge on any atom is -0.465 e. The van der Waals surface area contributed by atoms with Gasteiger partial charge in [0.2, 0.25) is 0 Å². The Morgan fingerprint density at radius 3 is 1.68 bits per heavy atom. The van der Waals surface area contributed by atoms with E-state index < -0.39 is 78.5 Å². The first-order valence-corrected chi connectivity index (χ1v) is 19.2. The van der Waals surface area contributed by atoms with Crippen LogP contribution in [0, 0.1) is 0 Å². The Morgan fingerprint density at radius 1 is 0.643 bits per heavy atom. The zero-order valence-corrected chi connectivity index (χ0v) is 32.9. The van der Waals surface area contributed by atoms with Gasteiger partial charge in [-0.3, -0.25) is 0 Å². The summed E-state index contributed by atoms with van der Waals surface area (Å²) in [6.45, 7) is 8.08. The normalized spacial score (nSPS) is 33.5. The molecule has 7 rings (SSSR count). The molecule has 4 aliphatic heterocycles. The second-order valence-corrected chi connectivity index (χ2v) is 15.4. The number of rotatable bonds is 15. The molecule has 13 nitrogen and oxygen atoms in total. The first-order chi connectivity index (χ1) is 27.0. The van der Waals surface area contributed by atoms with Crippen LogP contribution < -0.4 is 0 Å². The molecule has 0 radical (unpaired) electrons. The third kappa shape index (κ3) is 9.52. The van der Waals surface area contributed by atoms with Gasteiger partial charge in [-0.1, -0.05) is 91.0 Å². The SMILES string of the molecule is COC(=O)C1(OC[C@H]2O[C@@H](OC)[C@H](OCc3ccccc3)[C@@H](OCc3ccccc3)[C@@H]2OCc2ccccc2)C[C@H]2OC(C)(C)O[C@H]2[C@@H]([C@@H]2COC(C)(C)O2)O1. The maximum absolute atomic E-state index is 13.9. The van der Waals surface area contributed by atoms with Crippen molar-refractivity contribution in [1.29, 1.82) is 0 Å². The standard InChI is InChI=1S/C43H54O13/c1-41(2)50-27-33(54-41)36-35-31(53-42(3,4)55-35)22-43(56-36,40(44)46-6)51-26-32-34(47-23-28-16-10-7-11-17-28)37(48-24-29-18-12-8-13-19-29)38(39(45-5)52-32)49-25-30-20-14-9-15-21-30/h7-21,31-39H,22-27H2,1-6H3/t31-,32-,33+,34-,35-,36-,37+,38-,39-,43?/m1/s1. The van der Waals surface area contributed by atoms with Gasteiger partial charge in [-0.05, 0) is 44.4 Å². The van der Waals surface area contributed by atoms with Crippen molar-refractivity contribution in [1.82, 2.24) is 0 Å². The predicted octanol–water partition coefficient (Wildman–Crippen LogP) is 5.46. The fourth-order valence-electron chi connectivity index (χ4n) is 7.79. The Bertz CT molecular complexity index is 1690. The maximum Gasteiger partial charge on any atom is 0.366 e. The van der Waals surface area contributed by atoms with Crippen molar-refractivity contribution in [2.75, 3.05) is 27.4 Å². The lowest BCUT2D eigenvalue weighted by Crippen LogP contribution is -2.64. The van der Waals surface area contributed by atoms with E-state index in [1.54, 1.807) is 7.11 Å². The lowest BCUT2D eigenvalue weighted by Gasteiger charge is -2.47. The van der Waals surface area contributed by atoms with Gasteiger partial charge in [-0.25, -0.2) is 4.79 Å². The zero-order valence-electron chi connectivity index (χ0n) is 32.9. The number of carbonyl (C=O) groups is 1. The molecule has 1 unspecified atom stereocenters. The van der Waals surface area contributed by atoms with Crippen molar-refractivity contribution in [3.05, 3.63) is 108 Å². The number of fused-ring (bicyclic) bond motifs is 1. The second-order valence-electron chi connectivity index (χ2n) is 15.4. The fourth-order valence-corrected chi connectivity index (χ4v) is 7.79. The van der Waals surface area contributed by atoms with Crippen molar-refractivity contribution in [2.24, 2.45) is 0 Å². The van der Waals surface area contributed by atoms with Crippen LogP contribution >= 0.6 is 0 Å². The molecule has 0 aromatic heterocycles. The molecule has 0 N–H and O–H groups in total. The summed E-state index contributed by atoms with van der Waals surface area (Å²) in [5.74, 6) is -4.50. The number of hydrogen-bond acceptors (Lipinski definition) is 13. The van der Waals surface area contributed by atoms with Crippen molar-refractivity contribution in [3.63, 3.8) is 0 Å². The second kappa shape index (κ2) is 17.7. The fraction of sp³-hybridized carbons (Fsp3) is 0.558. The Morgan fingerprint density at radius 2 is 1.16 bits per heavy atom. The summed E-state index contributed by atoms with van der Waals surface area (Å²) in [5.41, 5.74) is 2.89. The van der Waals surface area contributed by atoms with Crippen molar-refractivity contribution >= 4 is 5.97 Å². The summed E-state index contributed by atoms with van der Waals surface area (Å²) in [4.78, 5) is 13.9. The average molecular weight is 779 g/mol. The molecule has 13 heteroatoms. The van der Waals surface area contributed by atoms with Crippen LogP contribution in [-0.2, 0) is 81.5 Å². The van der Waals surface area contributed by atoms with Crippen LogP contribution in [0.15, 0.2) is 91.0 Å². The van der Waals surface area contributed by atoms with Gasteiger partial charge >= 0.3 is 5.97 Å². The summed E-state index contributed by atoms with van der Waals surface area (Å²) >= 11 is 0. The minimum absolute atomic E-state index is 0.0199. The largest absolute Gasteiger partial charge is 0.465 e. The van der Waals surface area contributed by atoms with Gasteiger partial charge in [0, 0.05) is 13.5 Å². The van der Waals surface area contributed by atoms with Crippen LogP contribution in [-0.4, -0.2) is 106 Å². The third-order valence-electron chi connectivity index (χ3n) is 10.4. The van der Waals surface area contributed by atoms with Gasteiger partial charge in [0.05, 0.1) is 46.2 Å². The van der Waals surface area contributed by atoms with E-state index in [1.807, 2.05) is 119 Å². The lowest BCUT2D eigenvalue weighted by molar-refractivity contribution is -0.348. The number of carbonyl (C=O) groups excluding carboxylic acids is 1. The quantitative estimate of drug-likeness (QED) is 0.182. The van der Waals surface area contributed by atoms with E-state index in [9.17, 15) is 4.79 Å². The average Bonchev–Trinajstić information content (AvgIpc) is 3.74. The number of hydrogen-bond donors (Lipinski definition) is 0. The molecule has 0 amide bonds. The van der Waals surface area contributed by atoms with Crippen molar-refractivity contribution < 1.29 is 61.6 Å². The van der Waals surface area contributed by atoms with Crippen LogP contribution in [0.1, 0.15) is 50.8 Å². The Kier molecular flexibility index (Phi) is 12.9. The van der Waals surface area contributed by atoms with Crippen LogP contribution in [0.3, 0.4) is 0 Å². The Labute approximate surface area is 328 Å². The highest BCUT2D eigenvalue weighted by atomic mass is 16.8. The highest BCUT2D eigenvalue weighted by Gasteiger charge is 2.63. The molecule has 56 heavy (non-hydrogen) atoms. The molecule has 10 atom stereocenters. The third-order valence-corrected chi connectivity index (χ3v) is 10.4. The topological polar surface area (TPSA) is 128 Å². The number of benzene rings is 3. The summed E-state index contributed by atoms with van der Waals surface area (Å²) in [5, 5.41) is 0. The molecule has 4 fully saturated rings. The van der Waals surface area contributed by atoms with E-state index in [1.165, 1.54) is 7.11 Å². The summed E-state index contributed by atoms with van der Waals surface area (Å²) < 4.78 is 76.2. The van der Waals surface area contributed by atoms with Gasteiger partial charge in [0.1, 0.15) is 42.7 Å². The van der Waals surface area contributed by atoms with E-state index >= 15 is 0 Å². The molecule has 3 aromatic carbocycles. The van der Waals surface area contributed by atoms with Crippen molar-refractivity contribution in [2.45, 2.75) is 126 Å². The number of methoxy groups -OCH3 is 2. The monoisotopic (exact) mass is 778 g/mol. The molecule has 4 aliphatic rings. The number of ether oxygens (including phenoxy) is 12. The van der Waals surface area contributed by atoms with E-state index in [4.69, 9.17) is 56.8 Å². The summed E-state index contributed by atoms with van der Waals surface area (Å²) in [7, 11) is 2.84. The smallest absolute Gasteiger partial charge is 0.366 e. The van der Waals surface area contributed by atoms with Gasteiger partial charge in [-0.2, -0.15) is 0 Å². The van der Waals surface area contributed by atoms with Gasteiger partial charge in [-0.15, -0.1) is 0 Å². The van der Waals surface area contributed by atoms with Crippen LogP contribution in [0.2, 0.25) is 0 Å². The molecule has 4 saturated heterocycles. The van der Waals surface area contributed by atoms with E-state index in [0.29, 0.717) is 0 Å². The summed E-state index contributed by atoms with van der Waals surface area (Å²) in [6, 6.07) is 29.5. The molecule has 3 aromatic rings. The van der Waals surface area contributed by atoms with Gasteiger partial charge in [0.25, 0.3) is 5.79 Å². The molecule has 0 aliphatic carbocycles. The van der Waals surface area contributed by atoms with Crippen molar-refractivity contribution in [3.8, 4) is 0 Å². The molecular formula is C43H54O13. The highest BCUT2D eigenvalue weighted by Crippen LogP contribution is 2.45. The van der Waals surface area contributed by atoms with E-state index in [0.717, 1.165) is 16.7 Å². The van der Waals surface area contributed by atoms with Crippen LogP contribution in [0.25, 0.3) is 0 Å². The molecule has 304 valence electrons. The molecule has 4 heterocycles. The Hall–Kier alpha value is -3.31. The predicted molar refractivity (Wildman–Crippen MR) is 200 cm³/mol. The minimum atomic E-state index is -1.93. The zero-order chi connectivity index (χ0) is 39.3. The first-order valence-electron chi connectivity index (χ1n) is 19.2. The summed E-state index contributed by atoms with van der Waals surface area (Å²) in [6.07, 6.45) is -6.54. The van der Waals surface area contributed by atoms with E-state index in [2.05, 4.69) is 0 Å². The lowest BCUT2D eigenvalue weighted by atomic mass is 9.92. The molecule has 0 bridgehead atoms. The highest BCUT2D eigenvalue weighted by molar-refractivity contribution is 5.78.